The molecule has 7 heteroatoms. The molecule has 0 aliphatic heterocycles. The number of sulfonamides is 1. The van der Waals surface area contributed by atoms with Crippen LogP contribution in [0, 0.1) is 0 Å². The summed E-state index contributed by atoms with van der Waals surface area (Å²) in [5.74, 6) is -0.216. The highest BCUT2D eigenvalue weighted by molar-refractivity contribution is 9.10. The van der Waals surface area contributed by atoms with E-state index in [1.165, 1.54) is 4.31 Å². The van der Waals surface area contributed by atoms with Crippen molar-refractivity contribution in [3.8, 4) is 0 Å². The minimum absolute atomic E-state index is 0.118. The number of amides is 1. The normalized spacial score (nSPS) is 11.9. The molecule has 5 nitrogen and oxygen atoms in total. The lowest BCUT2D eigenvalue weighted by Crippen LogP contribution is -2.38. The molecule has 1 rings (SSSR count). The molecule has 1 aromatic rings. The number of anilines is 1. The second-order valence-electron chi connectivity index (χ2n) is 4.75. The van der Waals surface area contributed by atoms with Crippen LogP contribution in [0.25, 0.3) is 0 Å². The first-order valence-electron chi connectivity index (χ1n) is 6.23. The molecule has 1 N–H and O–H groups in total. The Bertz CT molecular complexity index is 573. The third kappa shape index (κ3) is 5.22. The van der Waals surface area contributed by atoms with Crippen LogP contribution in [-0.4, -0.2) is 37.5 Å². The Kier molecular flexibility index (Phi) is 6.16. The lowest BCUT2D eigenvalue weighted by atomic mass is 10.3. The fourth-order valence-corrected chi connectivity index (χ4v) is 3.37. The molecule has 1 amide bonds. The van der Waals surface area contributed by atoms with Crippen LogP contribution in [0.5, 0.6) is 0 Å². The smallest absolute Gasteiger partial charge is 0.225 e. The van der Waals surface area contributed by atoms with E-state index in [9.17, 15) is 13.2 Å². The van der Waals surface area contributed by atoms with Crippen molar-refractivity contribution in [2.24, 2.45) is 0 Å². The van der Waals surface area contributed by atoms with Crippen molar-refractivity contribution >= 4 is 37.5 Å². The van der Waals surface area contributed by atoms with Crippen molar-refractivity contribution in [2.45, 2.75) is 26.3 Å². The molecule has 0 aliphatic carbocycles. The minimum Gasteiger partial charge on any atom is -0.325 e. The minimum atomic E-state index is -3.30. The summed E-state index contributed by atoms with van der Waals surface area (Å²) in [6, 6.07) is 7.10. The Morgan fingerprint density at radius 2 is 1.95 bits per heavy atom. The zero-order valence-corrected chi connectivity index (χ0v) is 14.2. The van der Waals surface area contributed by atoms with Gasteiger partial charge in [-0.15, -0.1) is 0 Å². The first kappa shape index (κ1) is 17.1. The van der Waals surface area contributed by atoms with E-state index in [1.807, 2.05) is 18.2 Å². The molecule has 112 valence electrons. The van der Waals surface area contributed by atoms with Crippen LogP contribution in [0.4, 0.5) is 5.69 Å². The predicted molar refractivity (Wildman–Crippen MR) is 84.1 cm³/mol. The average Bonchev–Trinajstić information content (AvgIpc) is 2.30. The van der Waals surface area contributed by atoms with Gasteiger partial charge in [0.2, 0.25) is 15.9 Å². The molecule has 0 unspecified atom stereocenters. The SMILES string of the molecule is CC(C)N(CCC(=O)Nc1ccccc1Br)S(C)(=O)=O. The number of hydrogen-bond acceptors (Lipinski definition) is 3. The first-order chi connectivity index (χ1) is 9.21. The lowest BCUT2D eigenvalue weighted by molar-refractivity contribution is -0.116. The van der Waals surface area contributed by atoms with Crippen LogP contribution in [0.3, 0.4) is 0 Å². The molecule has 0 spiro atoms. The molecule has 0 radical (unpaired) electrons. The summed E-state index contributed by atoms with van der Waals surface area (Å²) < 4.78 is 25.3. The second kappa shape index (κ2) is 7.19. The molecule has 20 heavy (non-hydrogen) atoms. The van der Waals surface area contributed by atoms with Gasteiger partial charge in [-0.25, -0.2) is 8.42 Å². The summed E-state index contributed by atoms with van der Waals surface area (Å²) in [6.45, 7) is 3.74. The Hall–Kier alpha value is -0.920. The quantitative estimate of drug-likeness (QED) is 0.844. The van der Waals surface area contributed by atoms with Crippen molar-refractivity contribution in [3.63, 3.8) is 0 Å². The first-order valence-corrected chi connectivity index (χ1v) is 8.87. The molecule has 0 heterocycles. The number of para-hydroxylation sites is 1. The van der Waals surface area contributed by atoms with E-state index in [0.29, 0.717) is 5.69 Å². The summed E-state index contributed by atoms with van der Waals surface area (Å²) in [7, 11) is -3.30. The van der Waals surface area contributed by atoms with Crippen LogP contribution in [0.15, 0.2) is 28.7 Å². The number of benzene rings is 1. The maximum Gasteiger partial charge on any atom is 0.225 e. The van der Waals surface area contributed by atoms with E-state index in [2.05, 4.69) is 21.2 Å². The maximum atomic E-state index is 11.9. The van der Waals surface area contributed by atoms with E-state index < -0.39 is 10.0 Å². The van der Waals surface area contributed by atoms with Crippen LogP contribution in [0.1, 0.15) is 20.3 Å². The van der Waals surface area contributed by atoms with Gasteiger partial charge in [-0.3, -0.25) is 4.79 Å². The van der Waals surface area contributed by atoms with Gasteiger partial charge in [0, 0.05) is 23.5 Å². The number of nitrogens with one attached hydrogen (secondary N) is 1. The van der Waals surface area contributed by atoms with Gasteiger partial charge in [0.15, 0.2) is 0 Å². The molecule has 0 saturated heterocycles. The fourth-order valence-electron chi connectivity index (χ4n) is 1.79. The molecule has 1 aromatic carbocycles. The van der Waals surface area contributed by atoms with Gasteiger partial charge in [-0.2, -0.15) is 4.31 Å². The highest BCUT2D eigenvalue weighted by atomic mass is 79.9. The third-order valence-electron chi connectivity index (χ3n) is 2.71. The number of carbonyl (C=O) groups excluding carboxylic acids is 1. The Balaban J connectivity index is 2.62. The maximum absolute atomic E-state index is 11.9. The summed E-state index contributed by atoms with van der Waals surface area (Å²) in [5, 5.41) is 2.75. The van der Waals surface area contributed by atoms with Gasteiger partial charge in [-0.1, -0.05) is 12.1 Å². The summed E-state index contributed by atoms with van der Waals surface area (Å²) in [5.41, 5.74) is 0.674. The van der Waals surface area contributed by atoms with Crippen LogP contribution in [0.2, 0.25) is 0 Å². The highest BCUT2D eigenvalue weighted by Gasteiger charge is 2.20. The van der Waals surface area contributed by atoms with Crippen molar-refractivity contribution in [3.05, 3.63) is 28.7 Å². The zero-order chi connectivity index (χ0) is 15.3. The van der Waals surface area contributed by atoms with Crippen LogP contribution < -0.4 is 5.32 Å². The molecule has 0 bridgehead atoms. The van der Waals surface area contributed by atoms with E-state index in [4.69, 9.17) is 0 Å². The summed E-state index contributed by atoms with van der Waals surface area (Å²) in [6.07, 6.45) is 1.27. The van der Waals surface area contributed by atoms with Crippen LogP contribution in [-0.2, 0) is 14.8 Å². The number of hydrogen-bond donors (Lipinski definition) is 1. The number of rotatable bonds is 6. The monoisotopic (exact) mass is 362 g/mol. The van der Waals surface area contributed by atoms with Crippen molar-refractivity contribution in [1.82, 2.24) is 4.31 Å². The van der Waals surface area contributed by atoms with Crippen molar-refractivity contribution in [1.29, 1.82) is 0 Å². The Morgan fingerprint density at radius 3 is 2.45 bits per heavy atom. The molecule has 0 aliphatic rings. The molecular weight excluding hydrogens is 344 g/mol. The van der Waals surface area contributed by atoms with Gasteiger partial charge < -0.3 is 5.32 Å². The van der Waals surface area contributed by atoms with Gasteiger partial charge in [0.25, 0.3) is 0 Å². The predicted octanol–water partition coefficient (Wildman–Crippen LogP) is 2.45. The van der Waals surface area contributed by atoms with E-state index >= 15 is 0 Å². The molecule has 0 aromatic heterocycles. The third-order valence-corrected chi connectivity index (χ3v) is 4.86. The van der Waals surface area contributed by atoms with Gasteiger partial charge in [-0.05, 0) is 41.9 Å². The Labute approximate surface area is 128 Å². The molecule has 0 fully saturated rings. The van der Waals surface area contributed by atoms with Gasteiger partial charge in [0.05, 0.1) is 11.9 Å². The second-order valence-corrected chi connectivity index (χ2v) is 7.53. The largest absolute Gasteiger partial charge is 0.325 e. The summed E-state index contributed by atoms with van der Waals surface area (Å²) in [4.78, 5) is 11.9. The molecule has 0 atom stereocenters. The van der Waals surface area contributed by atoms with Crippen molar-refractivity contribution < 1.29 is 13.2 Å². The average molecular weight is 363 g/mol. The topological polar surface area (TPSA) is 66.5 Å². The molecule has 0 saturated carbocycles. The summed E-state index contributed by atoms with van der Waals surface area (Å²) >= 11 is 3.34. The van der Waals surface area contributed by atoms with E-state index in [1.54, 1.807) is 19.9 Å². The highest BCUT2D eigenvalue weighted by Crippen LogP contribution is 2.21. The van der Waals surface area contributed by atoms with Gasteiger partial charge >= 0.3 is 0 Å². The number of halogens is 1. The number of carbonyl (C=O) groups is 1. The lowest BCUT2D eigenvalue weighted by Gasteiger charge is -2.23. The van der Waals surface area contributed by atoms with Gasteiger partial charge in [0.1, 0.15) is 0 Å². The molecular formula is C13H19BrN2O3S. The Morgan fingerprint density at radius 1 is 1.35 bits per heavy atom. The standard InChI is InChI=1S/C13H19BrN2O3S/c1-10(2)16(20(3,18)19)9-8-13(17)15-12-7-5-4-6-11(12)14/h4-7,10H,8-9H2,1-3H3,(H,15,17). The van der Waals surface area contributed by atoms with E-state index in [-0.39, 0.29) is 24.9 Å². The van der Waals surface area contributed by atoms with Crippen LogP contribution >= 0.6 is 15.9 Å². The van der Waals surface area contributed by atoms with Crippen molar-refractivity contribution in [2.75, 3.05) is 18.1 Å². The zero-order valence-electron chi connectivity index (χ0n) is 11.8. The van der Waals surface area contributed by atoms with E-state index in [0.717, 1.165) is 10.7 Å². The fraction of sp³-hybridized carbons (Fsp3) is 0.462. The number of nitrogens with zero attached hydrogens (tertiary/aromatic N) is 1.